The highest BCUT2D eigenvalue weighted by Crippen LogP contribution is 2.24. The molecule has 2 N–H and O–H groups in total. The van der Waals surface area contributed by atoms with Gasteiger partial charge in [0, 0.05) is 38.0 Å². The summed E-state index contributed by atoms with van der Waals surface area (Å²) in [4.78, 5) is 6.88. The number of rotatable bonds is 5. The molecule has 1 saturated heterocycles. The van der Waals surface area contributed by atoms with E-state index in [1.165, 1.54) is 5.56 Å². The summed E-state index contributed by atoms with van der Waals surface area (Å²) in [5, 5.41) is 12.5. The van der Waals surface area contributed by atoms with E-state index in [1.54, 1.807) is 0 Å². The van der Waals surface area contributed by atoms with Crippen LogP contribution in [0.25, 0.3) is 0 Å². The van der Waals surface area contributed by atoms with E-state index in [9.17, 15) is 5.11 Å². The van der Waals surface area contributed by atoms with Crippen LogP contribution in [0.1, 0.15) is 25.3 Å². The van der Waals surface area contributed by atoms with Crippen LogP contribution in [0.15, 0.2) is 18.3 Å². The maximum atomic E-state index is 9.17. The number of nitrogens with one attached hydrogen (secondary N) is 1. The molecule has 100 valence electrons. The Morgan fingerprint density at radius 2 is 2.22 bits per heavy atom. The lowest BCUT2D eigenvalue weighted by atomic mass is 9.97. The average Bonchev–Trinajstić information content (AvgIpc) is 2.45. The van der Waals surface area contributed by atoms with E-state index in [0.717, 1.165) is 44.8 Å². The Bertz CT molecular complexity index is 362. The van der Waals surface area contributed by atoms with Crippen LogP contribution in [0.3, 0.4) is 0 Å². The zero-order valence-corrected chi connectivity index (χ0v) is 11.1. The number of aromatic nitrogens is 1. The molecule has 0 amide bonds. The largest absolute Gasteiger partial charge is 0.396 e. The molecular weight excluding hydrogens is 226 g/mol. The molecule has 4 nitrogen and oxygen atoms in total. The lowest BCUT2D eigenvalue weighted by Gasteiger charge is -2.33. The van der Waals surface area contributed by atoms with Crippen molar-refractivity contribution in [3.05, 3.63) is 23.9 Å². The Morgan fingerprint density at radius 3 is 2.89 bits per heavy atom. The molecule has 1 aliphatic rings. The van der Waals surface area contributed by atoms with Crippen molar-refractivity contribution in [3.63, 3.8) is 0 Å². The van der Waals surface area contributed by atoms with Gasteiger partial charge in [-0.2, -0.15) is 0 Å². The minimum absolute atomic E-state index is 0.320. The molecule has 0 bridgehead atoms. The Balaban J connectivity index is 2.03. The van der Waals surface area contributed by atoms with Crippen molar-refractivity contribution in [1.29, 1.82) is 0 Å². The molecule has 18 heavy (non-hydrogen) atoms. The van der Waals surface area contributed by atoms with Crippen LogP contribution < -0.4 is 10.2 Å². The van der Waals surface area contributed by atoms with Gasteiger partial charge in [0.2, 0.25) is 0 Å². The number of aliphatic hydroxyl groups is 1. The van der Waals surface area contributed by atoms with Gasteiger partial charge >= 0.3 is 0 Å². The molecule has 0 saturated carbocycles. The molecule has 0 aliphatic carbocycles. The van der Waals surface area contributed by atoms with Gasteiger partial charge < -0.3 is 15.3 Å². The van der Waals surface area contributed by atoms with Crippen molar-refractivity contribution < 1.29 is 5.11 Å². The van der Waals surface area contributed by atoms with Crippen LogP contribution in [0.5, 0.6) is 0 Å². The average molecular weight is 249 g/mol. The highest BCUT2D eigenvalue weighted by atomic mass is 16.3. The van der Waals surface area contributed by atoms with E-state index in [1.807, 2.05) is 12.3 Å². The van der Waals surface area contributed by atoms with E-state index < -0.39 is 0 Å². The summed E-state index contributed by atoms with van der Waals surface area (Å²) in [6.45, 7) is 6.28. The van der Waals surface area contributed by atoms with Gasteiger partial charge in [-0.15, -0.1) is 0 Å². The van der Waals surface area contributed by atoms with Gasteiger partial charge in [-0.25, -0.2) is 4.98 Å². The summed E-state index contributed by atoms with van der Waals surface area (Å²) in [5.74, 6) is 1.58. The fourth-order valence-electron chi connectivity index (χ4n) is 2.44. The van der Waals surface area contributed by atoms with E-state index >= 15 is 0 Å². The molecule has 2 rings (SSSR count). The Hall–Kier alpha value is -1.13. The molecule has 1 aromatic rings. The fraction of sp³-hybridized carbons (Fsp3) is 0.643. The van der Waals surface area contributed by atoms with Crippen molar-refractivity contribution in [3.8, 4) is 0 Å². The number of anilines is 1. The highest BCUT2D eigenvalue weighted by Gasteiger charge is 2.20. The van der Waals surface area contributed by atoms with Crippen LogP contribution in [-0.2, 0) is 6.54 Å². The van der Waals surface area contributed by atoms with Crippen molar-refractivity contribution in [2.24, 2.45) is 5.92 Å². The molecule has 0 atom stereocenters. The molecule has 0 unspecified atom stereocenters. The third kappa shape index (κ3) is 3.21. The molecular formula is C14H23N3O. The molecule has 0 radical (unpaired) electrons. The first kappa shape index (κ1) is 13.3. The molecule has 1 fully saturated rings. The highest BCUT2D eigenvalue weighted by molar-refractivity contribution is 5.47. The predicted molar refractivity (Wildman–Crippen MR) is 73.6 cm³/mol. The maximum Gasteiger partial charge on any atom is 0.133 e. The van der Waals surface area contributed by atoms with Crippen LogP contribution in [-0.4, -0.2) is 36.3 Å². The normalized spacial score (nSPS) is 17.1. The Morgan fingerprint density at radius 1 is 1.44 bits per heavy atom. The monoisotopic (exact) mass is 249 g/mol. The van der Waals surface area contributed by atoms with Crippen LogP contribution in [0.2, 0.25) is 0 Å². The number of pyridine rings is 1. The van der Waals surface area contributed by atoms with Gasteiger partial charge in [0.15, 0.2) is 0 Å². The fourth-order valence-corrected chi connectivity index (χ4v) is 2.44. The van der Waals surface area contributed by atoms with E-state index in [4.69, 9.17) is 0 Å². The van der Waals surface area contributed by atoms with Gasteiger partial charge in [0.1, 0.15) is 5.82 Å². The summed E-state index contributed by atoms with van der Waals surface area (Å²) in [6, 6.07) is 4.14. The predicted octanol–water partition coefficient (Wildman–Crippen LogP) is 1.40. The lowest BCUT2D eigenvalue weighted by Crippen LogP contribution is -2.36. The molecule has 2 heterocycles. The van der Waals surface area contributed by atoms with Gasteiger partial charge in [0.25, 0.3) is 0 Å². The summed E-state index contributed by atoms with van der Waals surface area (Å²) in [6.07, 6.45) is 3.99. The maximum absolute atomic E-state index is 9.17. The van der Waals surface area contributed by atoms with E-state index in [0.29, 0.717) is 12.5 Å². The van der Waals surface area contributed by atoms with Gasteiger partial charge in [-0.05, 0) is 31.4 Å². The van der Waals surface area contributed by atoms with E-state index in [-0.39, 0.29) is 0 Å². The summed E-state index contributed by atoms with van der Waals surface area (Å²) in [7, 11) is 0. The van der Waals surface area contributed by atoms with Gasteiger partial charge in [-0.1, -0.05) is 13.0 Å². The first-order chi connectivity index (χ1) is 8.85. The zero-order chi connectivity index (χ0) is 12.8. The summed E-state index contributed by atoms with van der Waals surface area (Å²) < 4.78 is 0. The standard InChI is InChI=1S/C14H23N3O/c1-2-15-10-13-4-3-7-16-14(13)17-8-5-12(11-18)6-9-17/h3-4,7,12,15,18H,2,5-6,8-11H2,1H3. The first-order valence-corrected chi connectivity index (χ1v) is 6.85. The van der Waals surface area contributed by atoms with Gasteiger partial charge in [0.05, 0.1) is 0 Å². The topological polar surface area (TPSA) is 48.4 Å². The third-order valence-corrected chi connectivity index (χ3v) is 3.61. The Kier molecular flexibility index (Phi) is 4.96. The van der Waals surface area contributed by atoms with Crippen molar-refractivity contribution in [2.45, 2.75) is 26.3 Å². The summed E-state index contributed by atoms with van der Waals surface area (Å²) in [5.41, 5.74) is 1.27. The number of hydrogen-bond donors (Lipinski definition) is 2. The molecule has 0 spiro atoms. The molecule has 4 heteroatoms. The van der Waals surface area contributed by atoms with Gasteiger partial charge in [-0.3, -0.25) is 0 Å². The van der Waals surface area contributed by atoms with Crippen molar-refractivity contribution in [1.82, 2.24) is 10.3 Å². The van der Waals surface area contributed by atoms with Crippen molar-refractivity contribution >= 4 is 5.82 Å². The minimum atomic E-state index is 0.320. The van der Waals surface area contributed by atoms with Crippen LogP contribution >= 0.6 is 0 Å². The SMILES string of the molecule is CCNCc1cccnc1N1CCC(CO)CC1. The number of nitrogens with zero attached hydrogens (tertiary/aromatic N) is 2. The Labute approximate surface area is 109 Å². The van der Waals surface area contributed by atoms with Crippen LogP contribution in [0.4, 0.5) is 5.82 Å². The quantitative estimate of drug-likeness (QED) is 0.828. The second-order valence-corrected chi connectivity index (χ2v) is 4.88. The zero-order valence-electron chi connectivity index (χ0n) is 11.1. The smallest absolute Gasteiger partial charge is 0.133 e. The molecule has 0 aromatic carbocycles. The molecule has 1 aliphatic heterocycles. The minimum Gasteiger partial charge on any atom is -0.396 e. The summed E-state index contributed by atoms with van der Waals surface area (Å²) >= 11 is 0. The first-order valence-electron chi connectivity index (χ1n) is 6.85. The second kappa shape index (κ2) is 6.71. The van der Waals surface area contributed by atoms with Crippen LogP contribution in [0, 0.1) is 5.92 Å². The van der Waals surface area contributed by atoms with Crippen molar-refractivity contribution in [2.75, 3.05) is 31.1 Å². The lowest BCUT2D eigenvalue weighted by molar-refractivity contribution is 0.202. The number of piperidine rings is 1. The number of aliphatic hydroxyl groups excluding tert-OH is 1. The molecule has 1 aromatic heterocycles. The number of hydrogen-bond acceptors (Lipinski definition) is 4. The third-order valence-electron chi connectivity index (χ3n) is 3.61. The second-order valence-electron chi connectivity index (χ2n) is 4.88. The van der Waals surface area contributed by atoms with E-state index in [2.05, 4.69) is 28.2 Å².